The fourth-order valence-corrected chi connectivity index (χ4v) is 1.69. The first-order valence-corrected chi connectivity index (χ1v) is 7.69. The van der Waals surface area contributed by atoms with Crippen molar-refractivity contribution in [2.75, 3.05) is 19.5 Å². The Morgan fingerprint density at radius 1 is 1.29 bits per heavy atom. The lowest BCUT2D eigenvalue weighted by Crippen LogP contribution is -2.27. The molecule has 6 heteroatoms. The lowest BCUT2D eigenvalue weighted by molar-refractivity contribution is -0.0180. The van der Waals surface area contributed by atoms with E-state index < -0.39 is 22.4 Å². The molecular formula is C11H23FO4S. The van der Waals surface area contributed by atoms with Crippen molar-refractivity contribution in [3.63, 3.8) is 0 Å². The summed E-state index contributed by atoms with van der Waals surface area (Å²) in [5.74, 6) is -0.616. The first-order chi connectivity index (χ1) is 7.78. The number of hydrogen-bond acceptors (Lipinski definition) is 4. The van der Waals surface area contributed by atoms with Crippen molar-refractivity contribution >= 4 is 10.1 Å². The molecule has 0 radical (unpaired) electrons. The van der Waals surface area contributed by atoms with Crippen molar-refractivity contribution in [2.24, 2.45) is 11.8 Å². The third kappa shape index (κ3) is 8.51. The molecule has 4 nitrogen and oxygen atoms in total. The minimum Gasteiger partial charge on any atom is -0.381 e. The maximum Gasteiger partial charge on any atom is 0.267 e. The van der Waals surface area contributed by atoms with Crippen LogP contribution in [0.3, 0.4) is 0 Å². The maximum atomic E-state index is 13.5. The van der Waals surface area contributed by atoms with Gasteiger partial charge in [-0.05, 0) is 12.3 Å². The topological polar surface area (TPSA) is 52.6 Å². The highest BCUT2D eigenvalue weighted by Gasteiger charge is 2.26. The molecular weight excluding hydrogens is 247 g/mol. The Balaban J connectivity index is 3.98. The quantitative estimate of drug-likeness (QED) is 0.477. The van der Waals surface area contributed by atoms with Crippen molar-refractivity contribution in [1.29, 1.82) is 0 Å². The van der Waals surface area contributed by atoms with E-state index in [4.69, 9.17) is 4.74 Å². The molecule has 104 valence electrons. The minimum absolute atomic E-state index is 0.0939. The van der Waals surface area contributed by atoms with Crippen molar-refractivity contribution in [2.45, 2.75) is 40.0 Å². The first-order valence-electron chi connectivity index (χ1n) is 5.88. The third-order valence-electron chi connectivity index (χ3n) is 2.60. The molecule has 0 aromatic rings. The number of rotatable bonds is 9. The van der Waals surface area contributed by atoms with Gasteiger partial charge in [-0.25, -0.2) is 8.57 Å². The van der Waals surface area contributed by atoms with Crippen LogP contribution in [0, 0.1) is 11.8 Å². The lowest BCUT2D eigenvalue weighted by atomic mass is 9.97. The number of unbranched alkanes of at least 4 members (excludes halogenated alkanes) is 1. The fourth-order valence-electron chi connectivity index (χ4n) is 1.18. The summed E-state index contributed by atoms with van der Waals surface area (Å²) in [7, 11) is -3.75. The van der Waals surface area contributed by atoms with E-state index in [-0.39, 0.29) is 5.92 Å². The number of halogens is 1. The van der Waals surface area contributed by atoms with Crippen LogP contribution in [0.2, 0.25) is 0 Å². The first kappa shape index (κ1) is 16.8. The molecule has 0 aliphatic heterocycles. The van der Waals surface area contributed by atoms with Gasteiger partial charge in [-0.2, -0.15) is 8.42 Å². The van der Waals surface area contributed by atoms with E-state index in [1.54, 1.807) is 6.92 Å². The number of ether oxygens (including phenoxy) is 1. The van der Waals surface area contributed by atoms with Gasteiger partial charge in [0.25, 0.3) is 10.1 Å². The highest BCUT2D eigenvalue weighted by atomic mass is 32.2. The molecule has 0 amide bonds. The smallest absolute Gasteiger partial charge is 0.267 e. The van der Waals surface area contributed by atoms with Crippen molar-refractivity contribution < 1.29 is 21.7 Å². The van der Waals surface area contributed by atoms with Gasteiger partial charge >= 0.3 is 0 Å². The summed E-state index contributed by atoms with van der Waals surface area (Å²) in [5.41, 5.74) is 0. The van der Waals surface area contributed by atoms with E-state index in [2.05, 4.69) is 11.1 Å². The standard InChI is InChI=1S/C11H23FO4S/c1-5-6-7-15-8-9(2)10(3)11(12)16-17(4,13)14/h9-11H,5-8H2,1-4H3/t9-,10?,11-/m1/s1. The summed E-state index contributed by atoms with van der Waals surface area (Å²) < 4.78 is 44.7. The zero-order valence-electron chi connectivity index (χ0n) is 11.0. The van der Waals surface area contributed by atoms with Gasteiger partial charge in [0.2, 0.25) is 6.36 Å². The fraction of sp³-hybridized carbons (Fsp3) is 1.00. The highest BCUT2D eigenvalue weighted by Crippen LogP contribution is 2.20. The van der Waals surface area contributed by atoms with Crippen molar-refractivity contribution in [3.8, 4) is 0 Å². The van der Waals surface area contributed by atoms with Gasteiger partial charge in [0.1, 0.15) is 0 Å². The molecule has 0 aromatic heterocycles. The minimum atomic E-state index is -3.75. The van der Waals surface area contributed by atoms with E-state index in [9.17, 15) is 12.8 Å². The Kier molecular flexibility index (Phi) is 7.91. The van der Waals surface area contributed by atoms with Gasteiger partial charge in [0.05, 0.1) is 6.26 Å². The monoisotopic (exact) mass is 270 g/mol. The molecule has 17 heavy (non-hydrogen) atoms. The van der Waals surface area contributed by atoms with Gasteiger partial charge in [-0.1, -0.05) is 27.2 Å². The lowest BCUT2D eigenvalue weighted by Gasteiger charge is -2.22. The van der Waals surface area contributed by atoms with Crippen LogP contribution in [0.15, 0.2) is 0 Å². The zero-order valence-corrected chi connectivity index (χ0v) is 11.8. The summed E-state index contributed by atoms with van der Waals surface area (Å²) >= 11 is 0. The third-order valence-corrected chi connectivity index (χ3v) is 3.13. The second kappa shape index (κ2) is 8.00. The van der Waals surface area contributed by atoms with Gasteiger partial charge in [0, 0.05) is 19.1 Å². The summed E-state index contributed by atoms with van der Waals surface area (Å²) in [6, 6.07) is 0. The number of hydrogen-bond donors (Lipinski definition) is 0. The maximum absolute atomic E-state index is 13.5. The van der Waals surface area contributed by atoms with Crippen LogP contribution in [-0.2, 0) is 19.0 Å². The van der Waals surface area contributed by atoms with E-state index in [1.165, 1.54) is 0 Å². The molecule has 0 spiro atoms. The molecule has 0 saturated carbocycles. The molecule has 1 unspecified atom stereocenters. The van der Waals surface area contributed by atoms with Gasteiger partial charge in [-0.15, -0.1) is 0 Å². The highest BCUT2D eigenvalue weighted by molar-refractivity contribution is 7.86. The van der Waals surface area contributed by atoms with Crippen LogP contribution in [-0.4, -0.2) is 34.2 Å². The second-order valence-corrected chi connectivity index (χ2v) is 6.02. The van der Waals surface area contributed by atoms with E-state index in [0.717, 1.165) is 19.1 Å². The molecule has 0 aliphatic carbocycles. The molecule has 0 heterocycles. The molecule has 0 aliphatic rings. The second-order valence-electron chi connectivity index (χ2n) is 4.42. The molecule has 0 rings (SSSR count). The molecule has 0 bridgehead atoms. The van der Waals surface area contributed by atoms with Crippen LogP contribution >= 0.6 is 0 Å². The van der Waals surface area contributed by atoms with Crippen LogP contribution in [0.4, 0.5) is 4.39 Å². The Morgan fingerprint density at radius 2 is 1.88 bits per heavy atom. The summed E-state index contributed by atoms with van der Waals surface area (Å²) in [6.07, 6.45) is 1.05. The van der Waals surface area contributed by atoms with Crippen LogP contribution < -0.4 is 0 Å². The summed E-state index contributed by atoms with van der Waals surface area (Å²) in [5, 5.41) is 0. The average Bonchev–Trinajstić information content (AvgIpc) is 2.20. The van der Waals surface area contributed by atoms with Gasteiger partial charge in [0.15, 0.2) is 0 Å². The van der Waals surface area contributed by atoms with Crippen LogP contribution in [0.25, 0.3) is 0 Å². The Hall–Kier alpha value is -0.200. The van der Waals surface area contributed by atoms with E-state index in [1.807, 2.05) is 6.92 Å². The summed E-state index contributed by atoms with van der Waals surface area (Å²) in [4.78, 5) is 0. The molecule has 0 saturated heterocycles. The predicted molar refractivity (Wildman–Crippen MR) is 64.9 cm³/mol. The zero-order chi connectivity index (χ0) is 13.5. The molecule has 0 aromatic carbocycles. The molecule has 0 fully saturated rings. The van der Waals surface area contributed by atoms with Crippen molar-refractivity contribution in [1.82, 2.24) is 0 Å². The Labute approximate surface area is 104 Å². The molecule has 3 atom stereocenters. The van der Waals surface area contributed by atoms with E-state index in [0.29, 0.717) is 13.2 Å². The normalized spacial score (nSPS) is 17.7. The Bertz CT molecular complexity index is 292. The molecule has 0 N–H and O–H groups in total. The average molecular weight is 270 g/mol. The van der Waals surface area contributed by atoms with Gasteiger partial charge in [-0.3, -0.25) is 0 Å². The number of alkyl halides is 1. The largest absolute Gasteiger partial charge is 0.381 e. The Morgan fingerprint density at radius 3 is 2.35 bits per heavy atom. The SMILES string of the molecule is CCCCOC[C@@H](C)C(C)[C@H](F)OS(C)(=O)=O. The summed E-state index contributed by atoms with van der Waals surface area (Å²) in [6.45, 7) is 6.55. The van der Waals surface area contributed by atoms with Crippen LogP contribution in [0.1, 0.15) is 33.6 Å². The van der Waals surface area contributed by atoms with Gasteiger partial charge < -0.3 is 4.74 Å². The van der Waals surface area contributed by atoms with Crippen molar-refractivity contribution in [3.05, 3.63) is 0 Å². The van der Waals surface area contributed by atoms with E-state index >= 15 is 0 Å². The predicted octanol–water partition coefficient (Wildman–Crippen LogP) is 2.35. The van der Waals surface area contributed by atoms with Crippen LogP contribution in [0.5, 0.6) is 0 Å².